The average Bonchev–Trinajstić information content (AvgIpc) is 2.42. The van der Waals surface area contributed by atoms with E-state index in [9.17, 15) is 4.79 Å². The molecule has 0 radical (unpaired) electrons. The van der Waals surface area contributed by atoms with E-state index in [4.69, 9.17) is 5.73 Å². The molecule has 1 heterocycles. The lowest BCUT2D eigenvalue weighted by Crippen LogP contribution is -2.38. The van der Waals surface area contributed by atoms with Crippen LogP contribution in [0.3, 0.4) is 0 Å². The summed E-state index contributed by atoms with van der Waals surface area (Å²) in [6.45, 7) is 2.25. The first-order chi connectivity index (χ1) is 9.17. The number of carbonyl (C=O) groups excluding carboxylic acids is 1. The SMILES string of the molecule is CCC1CCC(NC(=O)Cc2ccc(N)cn2)CC1. The number of pyridine rings is 1. The topological polar surface area (TPSA) is 68.0 Å². The van der Waals surface area contributed by atoms with Crippen LogP contribution in [0.15, 0.2) is 18.3 Å². The minimum absolute atomic E-state index is 0.0669. The molecule has 1 fully saturated rings. The van der Waals surface area contributed by atoms with Crippen LogP contribution in [0.4, 0.5) is 5.69 Å². The maximum atomic E-state index is 11.9. The number of anilines is 1. The Labute approximate surface area is 114 Å². The van der Waals surface area contributed by atoms with Crippen LogP contribution in [0.1, 0.15) is 44.7 Å². The van der Waals surface area contributed by atoms with Crippen LogP contribution in [-0.2, 0) is 11.2 Å². The monoisotopic (exact) mass is 261 g/mol. The molecule has 1 aliphatic rings. The van der Waals surface area contributed by atoms with Gasteiger partial charge in [0.2, 0.25) is 5.91 Å². The predicted octanol–water partition coefficient (Wildman–Crippen LogP) is 2.29. The Kier molecular flexibility index (Phi) is 4.77. The van der Waals surface area contributed by atoms with E-state index >= 15 is 0 Å². The van der Waals surface area contributed by atoms with E-state index in [1.54, 1.807) is 12.3 Å². The quantitative estimate of drug-likeness (QED) is 0.873. The summed E-state index contributed by atoms with van der Waals surface area (Å²) in [5.41, 5.74) is 6.97. The fourth-order valence-electron chi connectivity index (χ4n) is 2.70. The lowest BCUT2D eigenvalue weighted by atomic mass is 9.84. The van der Waals surface area contributed by atoms with Gasteiger partial charge in [-0.25, -0.2) is 0 Å². The number of rotatable bonds is 4. The van der Waals surface area contributed by atoms with Crippen molar-refractivity contribution < 1.29 is 4.79 Å². The molecule has 0 aliphatic heterocycles. The highest BCUT2D eigenvalue weighted by Gasteiger charge is 2.21. The first-order valence-electron chi connectivity index (χ1n) is 7.17. The Balaban J connectivity index is 1.77. The van der Waals surface area contributed by atoms with Crippen molar-refractivity contribution >= 4 is 11.6 Å². The highest BCUT2D eigenvalue weighted by atomic mass is 16.1. The molecule has 1 saturated carbocycles. The molecule has 19 heavy (non-hydrogen) atoms. The van der Waals surface area contributed by atoms with Gasteiger partial charge in [-0.1, -0.05) is 13.3 Å². The zero-order valence-corrected chi connectivity index (χ0v) is 11.6. The fourth-order valence-corrected chi connectivity index (χ4v) is 2.70. The molecule has 4 heteroatoms. The molecule has 0 saturated heterocycles. The van der Waals surface area contributed by atoms with Gasteiger partial charge in [0.05, 0.1) is 18.3 Å². The molecule has 1 aromatic rings. The minimum Gasteiger partial charge on any atom is -0.397 e. The summed E-state index contributed by atoms with van der Waals surface area (Å²) >= 11 is 0. The molecule has 0 bridgehead atoms. The number of hydrogen-bond donors (Lipinski definition) is 2. The molecule has 1 aromatic heterocycles. The number of nitrogen functional groups attached to an aromatic ring is 1. The molecule has 4 nitrogen and oxygen atoms in total. The van der Waals surface area contributed by atoms with Crippen molar-refractivity contribution in [3.8, 4) is 0 Å². The Bertz CT molecular complexity index is 408. The first-order valence-corrected chi connectivity index (χ1v) is 7.17. The Morgan fingerprint density at radius 3 is 2.68 bits per heavy atom. The van der Waals surface area contributed by atoms with E-state index in [0.717, 1.165) is 24.5 Å². The van der Waals surface area contributed by atoms with Crippen LogP contribution in [0.5, 0.6) is 0 Å². The van der Waals surface area contributed by atoms with E-state index < -0.39 is 0 Å². The summed E-state index contributed by atoms with van der Waals surface area (Å²) in [7, 11) is 0. The third kappa shape index (κ3) is 4.23. The van der Waals surface area contributed by atoms with Gasteiger partial charge in [0.25, 0.3) is 0 Å². The maximum absolute atomic E-state index is 11.9. The van der Waals surface area contributed by atoms with Crippen LogP contribution in [0.2, 0.25) is 0 Å². The summed E-state index contributed by atoms with van der Waals surface area (Å²) in [4.78, 5) is 16.1. The van der Waals surface area contributed by atoms with Gasteiger partial charge >= 0.3 is 0 Å². The highest BCUT2D eigenvalue weighted by Crippen LogP contribution is 2.26. The third-order valence-electron chi connectivity index (χ3n) is 3.98. The van der Waals surface area contributed by atoms with Crippen LogP contribution in [-0.4, -0.2) is 16.9 Å². The summed E-state index contributed by atoms with van der Waals surface area (Å²) in [6, 6.07) is 3.94. The van der Waals surface area contributed by atoms with E-state index in [1.165, 1.54) is 19.3 Å². The smallest absolute Gasteiger partial charge is 0.226 e. The van der Waals surface area contributed by atoms with E-state index in [2.05, 4.69) is 17.2 Å². The molecular formula is C15H23N3O. The van der Waals surface area contributed by atoms with Crippen LogP contribution < -0.4 is 11.1 Å². The van der Waals surface area contributed by atoms with Gasteiger partial charge in [0.15, 0.2) is 0 Å². The summed E-state index contributed by atoms with van der Waals surface area (Å²) in [5, 5.41) is 3.12. The molecule has 1 aliphatic carbocycles. The van der Waals surface area contributed by atoms with Gasteiger partial charge in [-0.05, 0) is 43.7 Å². The van der Waals surface area contributed by atoms with E-state index in [0.29, 0.717) is 18.2 Å². The van der Waals surface area contributed by atoms with Crippen molar-refractivity contribution in [2.75, 3.05) is 5.73 Å². The molecule has 1 amide bonds. The van der Waals surface area contributed by atoms with Gasteiger partial charge in [0, 0.05) is 11.7 Å². The first kappa shape index (κ1) is 13.8. The number of aromatic nitrogens is 1. The lowest BCUT2D eigenvalue weighted by Gasteiger charge is -2.28. The van der Waals surface area contributed by atoms with Gasteiger partial charge < -0.3 is 11.1 Å². The van der Waals surface area contributed by atoms with Crippen LogP contribution in [0, 0.1) is 5.92 Å². The molecule has 3 N–H and O–H groups in total. The molecule has 0 unspecified atom stereocenters. The van der Waals surface area contributed by atoms with Gasteiger partial charge in [-0.15, -0.1) is 0 Å². The number of nitrogens with zero attached hydrogens (tertiary/aromatic N) is 1. The predicted molar refractivity (Wildman–Crippen MR) is 76.5 cm³/mol. The summed E-state index contributed by atoms with van der Waals surface area (Å²) < 4.78 is 0. The van der Waals surface area contributed by atoms with Crippen molar-refractivity contribution in [2.45, 2.75) is 51.5 Å². The second kappa shape index (κ2) is 6.55. The van der Waals surface area contributed by atoms with Gasteiger partial charge in [0.1, 0.15) is 0 Å². The van der Waals surface area contributed by atoms with Crippen molar-refractivity contribution in [3.63, 3.8) is 0 Å². The molecule has 0 aromatic carbocycles. The maximum Gasteiger partial charge on any atom is 0.226 e. The van der Waals surface area contributed by atoms with Crippen molar-refractivity contribution in [3.05, 3.63) is 24.0 Å². The third-order valence-corrected chi connectivity index (χ3v) is 3.98. The fraction of sp³-hybridized carbons (Fsp3) is 0.600. The largest absolute Gasteiger partial charge is 0.397 e. The van der Waals surface area contributed by atoms with Gasteiger partial charge in [-0.3, -0.25) is 9.78 Å². The molecule has 0 atom stereocenters. The second-order valence-electron chi connectivity index (χ2n) is 5.45. The van der Waals surface area contributed by atoms with Crippen molar-refractivity contribution in [2.24, 2.45) is 5.92 Å². The number of amides is 1. The second-order valence-corrected chi connectivity index (χ2v) is 5.45. The number of carbonyl (C=O) groups is 1. The Morgan fingerprint density at radius 2 is 2.11 bits per heavy atom. The van der Waals surface area contributed by atoms with Crippen LogP contribution >= 0.6 is 0 Å². The van der Waals surface area contributed by atoms with E-state index in [1.807, 2.05) is 6.07 Å². The Morgan fingerprint density at radius 1 is 1.37 bits per heavy atom. The lowest BCUT2D eigenvalue weighted by molar-refractivity contribution is -0.121. The minimum atomic E-state index is 0.0669. The number of hydrogen-bond acceptors (Lipinski definition) is 3. The Hall–Kier alpha value is -1.58. The molecule has 0 spiro atoms. The highest BCUT2D eigenvalue weighted by molar-refractivity contribution is 5.78. The van der Waals surface area contributed by atoms with Crippen molar-refractivity contribution in [1.29, 1.82) is 0 Å². The normalized spacial score (nSPS) is 23.0. The number of nitrogens with two attached hydrogens (primary N) is 1. The summed E-state index contributed by atoms with van der Waals surface area (Å²) in [6.07, 6.45) is 7.89. The number of nitrogens with one attached hydrogen (secondary N) is 1. The van der Waals surface area contributed by atoms with Crippen molar-refractivity contribution in [1.82, 2.24) is 10.3 Å². The average molecular weight is 261 g/mol. The molecular weight excluding hydrogens is 238 g/mol. The molecule has 104 valence electrons. The summed E-state index contributed by atoms with van der Waals surface area (Å²) in [5.74, 6) is 0.920. The van der Waals surface area contributed by atoms with E-state index in [-0.39, 0.29) is 5.91 Å². The standard InChI is InChI=1S/C15H23N3O/c1-2-11-3-6-13(7-4-11)18-15(19)9-14-8-5-12(16)10-17-14/h5,8,10-11,13H,2-4,6-7,9,16H2,1H3,(H,18,19). The molecule has 2 rings (SSSR count). The zero-order valence-electron chi connectivity index (χ0n) is 11.6. The van der Waals surface area contributed by atoms with Crippen LogP contribution in [0.25, 0.3) is 0 Å². The van der Waals surface area contributed by atoms with Gasteiger partial charge in [-0.2, -0.15) is 0 Å². The zero-order chi connectivity index (χ0) is 13.7.